The average molecular weight is 687 g/mol. The fraction of sp³-hybridized carbons (Fsp3) is 0. The molecule has 11 rings (SSSR count). The van der Waals surface area contributed by atoms with Crippen molar-refractivity contribution in [2.75, 3.05) is 0 Å². The molecule has 0 amide bonds. The maximum Gasteiger partial charge on any atom is 0.0978 e. The second kappa shape index (κ2) is 12.1. The van der Waals surface area contributed by atoms with E-state index in [4.69, 9.17) is 19.9 Å². The van der Waals surface area contributed by atoms with Crippen molar-refractivity contribution in [1.29, 1.82) is 0 Å². The molecule has 0 saturated heterocycles. The normalized spacial score (nSPS) is 11.7. The molecule has 11 aromatic rings. The smallest absolute Gasteiger partial charge is 0.0978 e. The SMILES string of the molecule is c1ccc(-c2c3ccccc3nc3c2ccc2ccc(-c4cccc(-c5ccc6ccc7c(-c8ccccc8)c8ccccc8nc7c6n5)c4)nc23)cc1. The lowest BCUT2D eigenvalue weighted by molar-refractivity contribution is 1.37. The highest BCUT2D eigenvalue weighted by Gasteiger charge is 2.17. The lowest BCUT2D eigenvalue weighted by atomic mass is 9.95. The molecule has 0 N–H and O–H groups in total. The standard InChI is InChI=1S/C50H30N4/c1-3-12-31(13-4-1)45-37-18-7-9-20-43(37)53-49-39(45)26-22-33-24-28-41(51-47(33)49)35-16-11-17-36(30-35)42-29-25-34-23-27-40-46(32-14-5-2-6-15-32)38-19-8-10-21-44(38)54-50(40)48(34)52-42/h1-30H. The zero-order valence-electron chi connectivity index (χ0n) is 29.1. The van der Waals surface area contributed by atoms with Gasteiger partial charge in [-0.1, -0.05) is 152 Å². The second-order valence-corrected chi connectivity index (χ2v) is 13.8. The molecule has 0 bridgehead atoms. The van der Waals surface area contributed by atoms with E-state index in [2.05, 4.69) is 182 Å². The van der Waals surface area contributed by atoms with Gasteiger partial charge in [0.1, 0.15) is 0 Å². The van der Waals surface area contributed by atoms with Crippen LogP contribution in [0.15, 0.2) is 182 Å². The Morgan fingerprint density at radius 2 is 0.667 bits per heavy atom. The third kappa shape index (κ3) is 4.85. The number of hydrogen-bond donors (Lipinski definition) is 0. The van der Waals surface area contributed by atoms with E-state index in [-0.39, 0.29) is 0 Å². The third-order valence-electron chi connectivity index (χ3n) is 10.6. The summed E-state index contributed by atoms with van der Waals surface area (Å²) in [6.45, 7) is 0. The molecule has 54 heavy (non-hydrogen) atoms. The predicted octanol–water partition coefficient (Wildman–Crippen LogP) is 12.9. The largest absolute Gasteiger partial charge is 0.245 e. The number of pyridine rings is 4. The fourth-order valence-corrected chi connectivity index (χ4v) is 8.06. The minimum Gasteiger partial charge on any atom is -0.245 e. The minimum absolute atomic E-state index is 0.889. The lowest BCUT2D eigenvalue weighted by Gasteiger charge is -2.14. The molecule has 0 radical (unpaired) electrons. The monoisotopic (exact) mass is 686 g/mol. The van der Waals surface area contributed by atoms with E-state index < -0.39 is 0 Å². The molecule has 0 aliphatic rings. The Bertz CT molecular complexity index is 3050. The summed E-state index contributed by atoms with van der Waals surface area (Å²) in [4.78, 5) is 21.1. The fourth-order valence-electron chi connectivity index (χ4n) is 8.06. The maximum atomic E-state index is 5.32. The summed E-state index contributed by atoms with van der Waals surface area (Å²) in [5.41, 5.74) is 14.0. The van der Waals surface area contributed by atoms with E-state index in [1.54, 1.807) is 0 Å². The molecular weight excluding hydrogens is 657 g/mol. The van der Waals surface area contributed by atoms with E-state index in [1.807, 2.05) is 0 Å². The Balaban J connectivity index is 1.07. The molecule has 0 unspecified atom stereocenters. The van der Waals surface area contributed by atoms with Gasteiger partial charge in [-0.2, -0.15) is 0 Å². The Morgan fingerprint density at radius 1 is 0.259 bits per heavy atom. The van der Waals surface area contributed by atoms with Gasteiger partial charge in [-0.05, 0) is 41.5 Å². The van der Waals surface area contributed by atoms with E-state index in [0.29, 0.717) is 0 Å². The topological polar surface area (TPSA) is 51.6 Å². The maximum absolute atomic E-state index is 5.32. The summed E-state index contributed by atoms with van der Waals surface area (Å²) in [5, 5.41) is 6.57. The molecule has 4 nitrogen and oxygen atoms in total. The Kier molecular flexibility index (Phi) is 6.82. The summed E-state index contributed by atoms with van der Waals surface area (Å²) in [5.74, 6) is 0. The number of aromatic nitrogens is 4. The minimum atomic E-state index is 0.889. The summed E-state index contributed by atoms with van der Waals surface area (Å²) < 4.78 is 0. The van der Waals surface area contributed by atoms with Crippen molar-refractivity contribution in [2.45, 2.75) is 0 Å². The Hall–Kier alpha value is -7.30. The van der Waals surface area contributed by atoms with Crippen LogP contribution in [0.2, 0.25) is 0 Å². The van der Waals surface area contributed by atoms with Crippen LogP contribution < -0.4 is 0 Å². The predicted molar refractivity (Wildman–Crippen MR) is 224 cm³/mol. The Labute approximate surface area is 311 Å². The van der Waals surface area contributed by atoms with Crippen LogP contribution in [0.3, 0.4) is 0 Å². The van der Waals surface area contributed by atoms with Crippen LogP contribution in [0.5, 0.6) is 0 Å². The van der Waals surface area contributed by atoms with Crippen LogP contribution >= 0.6 is 0 Å². The highest BCUT2D eigenvalue weighted by molar-refractivity contribution is 6.17. The van der Waals surface area contributed by atoms with Gasteiger partial charge < -0.3 is 0 Å². The highest BCUT2D eigenvalue weighted by Crippen LogP contribution is 2.40. The average Bonchev–Trinajstić information content (AvgIpc) is 3.25. The quantitative estimate of drug-likeness (QED) is 0.137. The van der Waals surface area contributed by atoms with Gasteiger partial charge in [-0.15, -0.1) is 0 Å². The molecule has 4 heterocycles. The highest BCUT2D eigenvalue weighted by atomic mass is 14.8. The van der Waals surface area contributed by atoms with Crippen LogP contribution in [0, 0.1) is 0 Å². The van der Waals surface area contributed by atoms with Gasteiger partial charge in [0.25, 0.3) is 0 Å². The molecule has 0 saturated carbocycles. The van der Waals surface area contributed by atoms with Crippen molar-refractivity contribution in [2.24, 2.45) is 0 Å². The number of hydrogen-bond acceptors (Lipinski definition) is 4. The molecule has 7 aromatic carbocycles. The van der Waals surface area contributed by atoms with Gasteiger partial charge in [0.15, 0.2) is 0 Å². The number of para-hydroxylation sites is 2. The molecule has 0 aliphatic carbocycles. The molecule has 250 valence electrons. The number of nitrogens with zero attached hydrogens (tertiary/aromatic N) is 4. The first-order valence-electron chi connectivity index (χ1n) is 18.2. The van der Waals surface area contributed by atoms with Crippen molar-refractivity contribution in [3.8, 4) is 44.8 Å². The van der Waals surface area contributed by atoms with Gasteiger partial charge in [0.2, 0.25) is 0 Å². The Morgan fingerprint density at radius 3 is 1.15 bits per heavy atom. The van der Waals surface area contributed by atoms with Crippen LogP contribution in [0.25, 0.3) is 110 Å². The van der Waals surface area contributed by atoms with Gasteiger partial charge in [-0.25, -0.2) is 19.9 Å². The first-order chi connectivity index (χ1) is 26.8. The summed E-state index contributed by atoms with van der Waals surface area (Å²) >= 11 is 0. The summed E-state index contributed by atoms with van der Waals surface area (Å²) in [6, 6.07) is 63.7. The van der Waals surface area contributed by atoms with Crippen LogP contribution in [-0.4, -0.2) is 19.9 Å². The first kappa shape index (κ1) is 30.3. The van der Waals surface area contributed by atoms with Crippen molar-refractivity contribution < 1.29 is 0 Å². The van der Waals surface area contributed by atoms with E-state index in [1.165, 1.54) is 22.3 Å². The zero-order chi connectivity index (χ0) is 35.6. The van der Waals surface area contributed by atoms with E-state index >= 15 is 0 Å². The van der Waals surface area contributed by atoms with Crippen molar-refractivity contribution in [1.82, 2.24) is 19.9 Å². The summed E-state index contributed by atoms with van der Waals surface area (Å²) in [6.07, 6.45) is 0. The second-order valence-electron chi connectivity index (χ2n) is 13.8. The van der Waals surface area contributed by atoms with Crippen LogP contribution in [-0.2, 0) is 0 Å². The van der Waals surface area contributed by atoms with Gasteiger partial charge in [0, 0.05) is 54.6 Å². The van der Waals surface area contributed by atoms with Crippen molar-refractivity contribution >= 4 is 65.4 Å². The molecule has 0 atom stereocenters. The van der Waals surface area contributed by atoms with Crippen LogP contribution in [0.4, 0.5) is 0 Å². The van der Waals surface area contributed by atoms with Crippen molar-refractivity contribution in [3.05, 3.63) is 182 Å². The molecule has 0 aliphatic heterocycles. The summed E-state index contributed by atoms with van der Waals surface area (Å²) in [7, 11) is 0. The van der Waals surface area contributed by atoms with E-state index in [9.17, 15) is 0 Å². The number of benzene rings is 7. The number of rotatable bonds is 4. The van der Waals surface area contributed by atoms with E-state index in [0.717, 1.165) is 87.9 Å². The van der Waals surface area contributed by atoms with Gasteiger partial charge >= 0.3 is 0 Å². The van der Waals surface area contributed by atoms with Crippen molar-refractivity contribution in [3.63, 3.8) is 0 Å². The first-order valence-corrected chi connectivity index (χ1v) is 18.2. The number of fused-ring (bicyclic) bond motifs is 8. The van der Waals surface area contributed by atoms with Gasteiger partial charge in [-0.3, -0.25) is 0 Å². The molecular formula is C50H30N4. The molecule has 4 heteroatoms. The molecule has 0 spiro atoms. The lowest BCUT2D eigenvalue weighted by Crippen LogP contribution is -1.94. The third-order valence-corrected chi connectivity index (χ3v) is 10.6. The van der Waals surface area contributed by atoms with Gasteiger partial charge in [0.05, 0.1) is 44.5 Å². The zero-order valence-corrected chi connectivity index (χ0v) is 29.1. The van der Waals surface area contributed by atoms with Crippen LogP contribution in [0.1, 0.15) is 0 Å². The molecule has 0 fully saturated rings. The molecule has 4 aromatic heterocycles.